The quantitative estimate of drug-likeness (QED) is 0.871. The lowest BCUT2D eigenvalue weighted by molar-refractivity contribution is 0.317. The first-order valence-electron chi connectivity index (χ1n) is 4.89. The third-order valence-corrected chi connectivity index (χ3v) is 2.19. The SMILES string of the molecule is CCCOc1ccc(CCN)cc1Cl.Cl. The lowest BCUT2D eigenvalue weighted by Crippen LogP contribution is -2.03. The van der Waals surface area contributed by atoms with Crippen molar-refractivity contribution in [3.05, 3.63) is 28.8 Å². The van der Waals surface area contributed by atoms with E-state index < -0.39 is 0 Å². The fourth-order valence-electron chi connectivity index (χ4n) is 1.20. The molecule has 0 atom stereocenters. The van der Waals surface area contributed by atoms with E-state index in [-0.39, 0.29) is 12.4 Å². The summed E-state index contributed by atoms with van der Waals surface area (Å²) >= 11 is 6.04. The van der Waals surface area contributed by atoms with Crippen LogP contribution in [-0.4, -0.2) is 13.2 Å². The summed E-state index contributed by atoms with van der Waals surface area (Å²) in [5.74, 6) is 0.759. The molecule has 0 amide bonds. The van der Waals surface area contributed by atoms with E-state index in [2.05, 4.69) is 6.92 Å². The van der Waals surface area contributed by atoms with Gasteiger partial charge in [-0.25, -0.2) is 0 Å². The van der Waals surface area contributed by atoms with E-state index in [0.29, 0.717) is 18.2 Å². The van der Waals surface area contributed by atoms with Gasteiger partial charge in [-0.1, -0.05) is 24.6 Å². The molecule has 0 fully saturated rings. The Morgan fingerprint density at radius 2 is 2.13 bits per heavy atom. The van der Waals surface area contributed by atoms with Crippen molar-refractivity contribution < 1.29 is 4.74 Å². The van der Waals surface area contributed by atoms with Crippen molar-refractivity contribution in [3.63, 3.8) is 0 Å². The van der Waals surface area contributed by atoms with E-state index >= 15 is 0 Å². The number of nitrogens with two attached hydrogens (primary N) is 1. The molecule has 86 valence electrons. The van der Waals surface area contributed by atoms with Crippen molar-refractivity contribution >= 4 is 24.0 Å². The smallest absolute Gasteiger partial charge is 0.137 e. The molecule has 4 heteroatoms. The van der Waals surface area contributed by atoms with E-state index in [1.165, 1.54) is 0 Å². The molecule has 0 aromatic heterocycles. The van der Waals surface area contributed by atoms with Crippen molar-refractivity contribution in [2.45, 2.75) is 19.8 Å². The number of hydrogen-bond donors (Lipinski definition) is 1. The van der Waals surface area contributed by atoms with Gasteiger partial charge in [0.15, 0.2) is 0 Å². The van der Waals surface area contributed by atoms with Crippen LogP contribution in [0, 0.1) is 0 Å². The first kappa shape index (κ1) is 14.6. The number of rotatable bonds is 5. The van der Waals surface area contributed by atoms with E-state index in [1.807, 2.05) is 18.2 Å². The molecule has 0 saturated carbocycles. The second kappa shape index (κ2) is 7.80. The summed E-state index contributed by atoms with van der Waals surface area (Å²) in [6.45, 7) is 3.41. The molecule has 0 unspecified atom stereocenters. The van der Waals surface area contributed by atoms with Gasteiger partial charge in [0.1, 0.15) is 5.75 Å². The van der Waals surface area contributed by atoms with E-state index in [0.717, 1.165) is 24.2 Å². The molecule has 1 aromatic carbocycles. The lowest BCUT2D eigenvalue weighted by atomic mass is 10.1. The second-order valence-corrected chi connectivity index (χ2v) is 3.56. The predicted octanol–water partition coefficient (Wildman–Crippen LogP) is 3.05. The van der Waals surface area contributed by atoms with E-state index in [1.54, 1.807) is 0 Å². The molecule has 0 aliphatic heterocycles. The van der Waals surface area contributed by atoms with Crippen LogP contribution in [0.2, 0.25) is 5.02 Å². The largest absolute Gasteiger partial charge is 0.492 e. The molecule has 0 heterocycles. The van der Waals surface area contributed by atoms with Gasteiger partial charge in [0.25, 0.3) is 0 Å². The van der Waals surface area contributed by atoms with Crippen LogP contribution in [0.15, 0.2) is 18.2 Å². The normalized spacial score (nSPS) is 9.53. The summed E-state index contributed by atoms with van der Waals surface area (Å²) in [4.78, 5) is 0. The summed E-state index contributed by atoms with van der Waals surface area (Å²) < 4.78 is 5.46. The van der Waals surface area contributed by atoms with Crippen molar-refractivity contribution in [1.82, 2.24) is 0 Å². The highest BCUT2D eigenvalue weighted by atomic mass is 35.5. The highest BCUT2D eigenvalue weighted by molar-refractivity contribution is 6.32. The third kappa shape index (κ3) is 4.74. The first-order valence-corrected chi connectivity index (χ1v) is 5.27. The predicted molar refractivity (Wildman–Crippen MR) is 67.2 cm³/mol. The van der Waals surface area contributed by atoms with Gasteiger partial charge in [0, 0.05) is 0 Å². The molecule has 0 spiro atoms. The average Bonchev–Trinajstić information content (AvgIpc) is 2.17. The molecule has 2 N–H and O–H groups in total. The fourth-order valence-corrected chi connectivity index (χ4v) is 1.45. The van der Waals surface area contributed by atoms with Crippen LogP contribution in [0.5, 0.6) is 5.75 Å². The highest BCUT2D eigenvalue weighted by Crippen LogP contribution is 2.25. The maximum absolute atomic E-state index is 6.04. The Kier molecular flexibility index (Phi) is 7.57. The number of ether oxygens (including phenoxy) is 1. The average molecular weight is 250 g/mol. The Bertz CT molecular complexity index is 292. The zero-order valence-corrected chi connectivity index (χ0v) is 10.4. The van der Waals surface area contributed by atoms with Gasteiger partial charge in [-0.15, -0.1) is 12.4 Å². The van der Waals surface area contributed by atoms with Crippen molar-refractivity contribution in [2.24, 2.45) is 5.73 Å². The van der Waals surface area contributed by atoms with Crippen molar-refractivity contribution in [2.75, 3.05) is 13.2 Å². The zero-order chi connectivity index (χ0) is 10.4. The molecular formula is C11H17Cl2NO. The lowest BCUT2D eigenvalue weighted by Gasteiger charge is -2.07. The molecule has 0 radical (unpaired) electrons. The maximum atomic E-state index is 6.04. The van der Waals surface area contributed by atoms with Crippen LogP contribution in [-0.2, 0) is 6.42 Å². The number of halogens is 2. The molecule has 0 bridgehead atoms. The highest BCUT2D eigenvalue weighted by Gasteiger charge is 2.01. The van der Waals surface area contributed by atoms with Crippen molar-refractivity contribution in [1.29, 1.82) is 0 Å². The first-order chi connectivity index (χ1) is 6.77. The van der Waals surface area contributed by atoms with E-state index in [4.69, 9.17) is 22.1 Å². The molecule has 1 aromatic rings. The van der Waals surface area contributed by atoms with Gasteiger partial charge < -0.3 is 10.5 Å². The minimum Gasteiger partial charge on any atom is -0.492 e. The summed E-state index contributed by atoms with van der Waals surface area (Å²) in [5.41, 5.74) is 6.61. The monoisotopic (exact) mass is 249 g/mol. The third-order valence-electron chi connectivity index (χ3n) is 1.89. The topological polar surface area (TPSA) is 35.2 Å². The van der Waals surface area contributed by atoms with Gasteiger partial charge in [-0.2, -0.15) is 0 Å². The van der Waals surface area contributed by atoms with Crippen LogP contribution in [0.4, 0.5) is 0 Å². The minimum absolute atomic E-state index is 0. The number of hydrogen-bond acceptors (Lipinski definition) is 2. The van der Waals surface area contributed by atoms with Crippen LogP contribution in [0.1, 0.15) is 18.9 Å². The zero-order valence-electron chi connectivity index (χ0n) is 8.83. The molecular weight excluding hydrogens is 233 g/mol. The van der Waals surface area contributed by atoms with Gasteiger partial charge in [-0.05, 0) is 37.1 Å². The number of benzene rings is 1. The minimum atomic E-state index is 0. The van der Waals surface area contributed by atoms with Crippen molar-refractivity contribution in [3.8, 4) is 5.75 Å². The summed E-state index contributed by atoms with van der Waals surface area (Å²) in [6, 6.07) is 5.83. The van der Waals surface area contributed by atoms with Crippen LogP contribution < -0.4 is 10.5 Å². The van der Waals surface area contributed by atoms with Crippen LogP contribution in [0.3, 0.4) is 0 Å². The standard InChI is InChI=1S/C11H16ClNO.ClH/c1-2-7-14-11-4-3-9(5-6-13)8-10(11)12;/h3-4,8H,2,5-7,13H2,1H3;1H. The van der Waals surface area contributed by atoms with Gasteiger partial charge in [0.05, 0.1) is 11.6 Å². The molecule has 0 aliphatic carbocycles. The van der Waals surface area contributed by atoms with E-state index in [9.17, 15) is 0 Å². The fraction of sp³-hybridized carbons (Fsp3) is 0.455. The Labute approximate surface area is 102 Å². The van der Waals surface area contributed by atoms with Crippen LogP contribution >= 0.6 is 24.0 Å². The molecule has 2 nitrogen and oxygen atoms in total. The second-order valence-electron chi connectivity index (χ2n) is 3.15. The molecule has 1 rings (SSSR count). The maximum Gasteiger partial charge on any atom is 0.137 e. The molecule has 0 aliphatic rings. The summed E-state index contributed by atoms with van der Waals surface area (Å²) in [7, 11) is 0. The van der Waals surface area contributed by atoms with Crippen LogP contribution in [0.25, 0.3) is 0 Å². The Morgan fingerprint density at radius 1 is 1.40 bits per heavy atom. The Hall–Kier alpha value is -0.440. The van der Waals surface area contributed by atoms with Gasteiger partial charge in [-0.3, -0.25) is 0 Å². The van der Waals surface area contributed by atoms with Gasteiger partial charge >= 0.3 is 0 Å². The Morgan fingerprint density at radius 3 is 2.67 bits per heavy atom. The summed E-state index contributed by atoms with van der Waals surface area (Å²) in [5, 5.41) is 0.671. The van der Waals surface area contributed by atoms with Gasteiger partial charge in [0.2, 0.25) is 0 Å². The molecule has 15 heavy (non-hydrogen) atoms. The summed E-state index contributed by atoms with van der Waals surface area (Å²) in [6.07, 6.45) is 1.84. The Balaban J connectivity index is 0.00000196. The molecule has 0 saturated heterocycles.